The molecule has 3 aliphatic carbocycles. The smallest absolute Gasteiger partial charge is 0.329 e. The number of carbonyl (C=O) groups is 4. The highest BCUT2D eigenvalue weighted by Crippen LogP contribution is 2.61. The lowest BCUT2D eigenvalue weighted by atomic mass is 9.55. The maximum absolute atomic E-state index is 13.7. The number of likely N-dealkylation sites (tertiary alicyclic amines) is 1. The number of hydrogen-bond donors (Lipinski definition) is 1. The average Bonchev–Trinajstić information content (AvgIpc) is 3.17. The van der Waals surface area contributed by atoms with E-state index in [1.54, 1.807) is 24.3 Å². The molecule has 3 atom stereocenters. The van der Waals surface area contributed by atoms with E-state index in [1.165, 1.54) is 6.92 Å². The normalized spacial score (nSPS) is 24.0. The summed E-state index contributed by atoms with van der Waals surface area (Å²) in [6.45, 7) is 0.968. The van der Waals surface area contributed by atoms with Gasteiger partial charge in [0, 0.05) is 17.5 Å². The van der Waals surface area contributed by atoms with Gasteiger partial charge in [-0.05, 0) is 41.3 Å². The van der Waals surface area contributed by atoms with Crippen LogP contribution >= 0.6 is 0 Å². The van der Waals surface area contributed by atoms with Gasteiger partial charge >= 0.3 is 5.97 Å². The second-order valence-electron chi connectivity index (χ2n) is 9.51. The van der Waals surface area contributed by atoms with Gasteiger partial charge in [-0.1, -0.05) is 66.7 Å². The SMILES string of the molecule is C[C@H](C(=O)OCC(=O)Nc1ccccc1)N1C(=O)[C@H]2C3c4ccccc4C(c4ccccc43)[C@@H]2C1=O. The van der Waals surface area contributed by atoms with Crippen LogP contribution in [0.4, 0.5) is 5.69 Å². The zero-order valence-electron chi connectivity index (χ0n) is 19.6. The summed E-state index contributed by atoms with van der Waals surface area (Å²) in [6, 6.07) is 23.6. The molecule has 1 aliphatic heterocycles. The molecule has 1 heterocycles. The number of anilines is 1. The molecule has 0 saturated carbocycles. The molecular formula is C29H24N2O5. The summed E-state index contributed by atoms with van der Waals surface area (Å²) in [5.74, 6) is -3.63. The van der Waals surface area contributed by atoms with Gasteiger partial charge < -0.3 is 10.1 Å². The van der Waals surface area contributed by atoms with E-state index in [2.05, 4.69) is 5.32 Å². The Morgan fingerprint density at radius 2 is 1.22 bits per heavy atom. The molecule has 7 heteroatoms. The van der Waals surface area contributed by atoms with Crippen LogP contribution in [0, 0.1) is 11.8 Å². The van der Waals surface area contributed by atoms with Crippen molar-refractivity contribution in [2.45, 2.75) is 24.8 Å². The average molecular weight is 481 g/mol. The fourth-order valence-electron chi connectivity index (χ4n) is 6.16. The van der Waals surface area contributed by atoms with Crippen molar-refractivity contribution in [1.29, 1.82) is 0 Å². The second kappa shape index (κ2) is 8.45. The Kier molecular flexibility index (Phi) is 5.21. The third-order valence-electron chi connectivity index (χ3n) is 7.61. The molecule has 4 aliphatic rings. The Bertz CT molecular complexity index is 1290. The van der Waals surface area contributed by atoms with Crippen molar-refractivity contribution in [3.63, 3.8) is 0 Å². The van der Waals surface area contributed by atoms with Crippen LogP contribution in [0.25, 0.3) is 0 Å². The van der Waals surface area contributed by atoms with E-state index in [9.17, 15) is 19.2 Å². The van der Waals surface area contributed by atoms with Gasteiger partial charge in [0.25, 0.3) is 5.91 Å². The quantitative estimate of drug-likeness (QED) is 0.446. The number of rotatable bonds is 5. The number of carbonyl (C=O) groups excluding carboxylic acids is 4. The maximum Gasteiger partial charge on any atom is 0.329 e. The van der Waals surface area contributed by atoms with Crippen molar-refractivity contribution < 1.29 is 23.9 Å². The minimum Gasteiger partial charge on any atom is -0.454 e. The summed E-state index contributed by atoms with van der Waals surface area (Å²) in [7, 11) is 0. The van der Waals surface area contributed by atoms with E-state index in [0.717, 1.165) is 27.2 Å². The van der Waals surface area contributed by atoms with Crippen molar-refractivity contribution in [3.8, 4) is 0 Å². The van der Waals surface area contributed by atoms with Crippen molar-refractivity contribution >= 4 is 29.4 Å². The van der Waals surface area contributed by atoms with Crippen LogP contribution in [0.3, 0.4) is 0 Å². The summed E-state index contributed by atoms with van der Waals surface area (Å²) >= 11 is 0. The van der Waals surface area contributed by atoms with Crippen LogP contribution in [0.5, 0.6) is 0 Å². The first-order valence-corrected chi connectivity index (χ1v) is 12.0. The number of benzene rings is 3. The molecule has 7 rings (SSSR count). The lowest BCUT2D eigenvalue weighted by molar-refractivity contribution is -0.159. The van der Waals surface area contributed by atoms with E-state index in [1.807, 2.05) is 54.6 Å². The number of nitrogens with zero attached hydrogens (tertiary/aromatic N) is 1. The van der Waals surface area contributed by atoms with Crippen LogP contribution < -0.4 is 5.32 Å². The Morgan fingerprint density at radius 1 is 0.778 bits per heavy atom. The van der Waals surface area contributed by atoms with Gasteiger partial charge in [0.05, 0.1) is 11.8 Å². The van der Waals surface area contributed by atoms with Gasteiger partial charge in [-0.25, -0.2) is 4.79 Å². The molecule has 2 bridgehead atoms. The maximum atomic E-state index is 13.7. The number of nitrogens with one attached hydrogen (secondary N) is 1. The van der Waals surface area contributed by atoms with E-state index in [0.29, 0.717) is 5.69 Å². The first-order valence-electron chi connectivity index (χ1n) is 12.0. The molecule has 1 N–H and O–H groups in total. The number of para-hydroxylation sites is 1. The zero-order chi connectivity index (χ0) is 25.0. The summed E-state index contributed by atoms with van der Waals surface area (Å²) in [5.41, 5.74) is 4.85. The van der Waals surface area contributed by atoms with Gasteiger partial charge in [0.1, 0.15) is 6.04 Å². The molecule has 36 heavy (non-hydrogen) atoms. The van der Waals surface area contributed by atoms with Crippen LogP contribution in [-0.2, 0) is 23.9 Å². The molecule has 0 spiro atoms. The molecule has 0 aromatic heterocycles. The van der Waals surface area contributed by atoms with E-state index in [-0.39, 0.29) is 23.7 Å². The number of hydrogen-bond acceptors (Lipinski definition) is 5. The Balaban J connectivity index is 1.24. The fraction of sp³-hybridized carbons (Fsp3) is 0.241. The minimum atomic E-state index is -1.13. The molecule has 1 saturated heterocycles. The van der Waals surface area contributed by atoms with Crippen LogP contribution in [0.1, 0.15) is 41.0 Å². The Morgan fingerprint density at radius 3 is 1.69 bits per heavy atom. The topological polar surface area (TPSA) is 92.8 Å². The summed E-state index contributed by atoms with van der Waals surface area (Å²) < 4.78 is 5.20. The summed E-state index contributed by atoms with van der Waals surface area (Å²) in [6.07, 6.45) is 0. The van der Waals surface area contributed by atoms with E-state index < -0.39 is 36.4 Å². The predicted molar refractivity (Wildman–Crippen MR) is 131 cm³/mol. The first-order chi connectivity index (χ1) is 17.5. The number of imide groups is 1. The van der Waals surface area contributed by atoms with Crippen molar-refractivity contribution in [3.05, 3.63) is 101 Å². The van der Waals surface area contributed by atoms with Gasteiger partial charge in [0.15, 0.2) is 6.61 Å². The number of esters is 1. The molecule has 0 radical (unpaired) electrons. The third kappa shape index (κ3) is 3.26. The molecular weight excluding hydrogens is 456 g/mol. The Hall–Kier alpha value is -4.26. The van der Waals surface area contributed by atoms with Gasteiger partial charge in [0.2, 0.25) is 11.8 Å². The first kappa shape index (κ1) is 22.2. The standard InChI is InChI=1S/C29H24N2O5/c1-16(29(35)36-15-22(32)30-17-9-3-2-4-10-17)31-27(33)25-23-18-11-5-6-12-19(18)24(26(25)28(31)34)21-14-8-7-13-20(21)23/h2-14,16,23-26H,15H2,1H3,(H,30,32)/t16-,23?,24?,25+,26+/m1/s1. The molecule has 180 valence electrons. The van der Waals surface area contributed by atoms with Gasteiger partial charge in [-0.15, -0.1) is 0 Å². The van der Waals surface area contributed by atoms with Gasteiger partial charge in [-0.2, -0.15) is 0 Å². The molecule has 3 amide bonds. The fourth-order valence-corrected chi connectivity index (χ4v) is 6.16. The van der Waals surface area contributed by atoms with Crippen molar-refractivity contribution in [1.82, 2.24) is 4.90 Å². The minimum absolute atomic E-state index is 0.242. The Labute approximate surface area is 208 Å². The van der Waals surface area contributed by atoms with Crippen molar-refractivity contribution in [2.75, 3.05) is 11.9 Å². The molecule has 3 aromatic rings. The second-order valence-corrected chi connectivity index (χ2v) is 9.51. The van der Waals surface area contributed by atoms with E-state index >= 15 is 0 Å². The molecule has 1 fully saturated rings. The largest absolute Gasteiger partial charge is 0.454 e. The lowest BCUT2D eigenvalue weighted by Gasteiger charge is -2.45. The third-order valence-corrected chi connectivity index (χ3v) is 7.61. The van der Waals surface area contributed by atoms with Gasteiger partial charge in [-0.3, -0.25) is 19.3 Å². The van der Waals surface area contributed by atoms with Crippen LogP contribution in [-0.4, -0.2) is 41.2 Å². The summed E-state index contributed by atoms with van der Waals surface area (Å²) in [5, 5.41) is 2.64. The van der Waals surface area contributed by atoms with E-state index in [4.69, 9.17) is 4.74 Å². The molecule has 3 aromatic carbocycles. The lowest BCUT2D eigenvalue weighted by Crippen LogP contribution is -2.45. The molecule has 0 unspecified atom stereocenters. The van der Waals surface area contributed by atoms with Crippen LogP contribution in [0.2, 0.25) is 0 Å². The molecule has 7 nitrogen and oxygen atoms in total. The highest BCUT2D eigenvalue weighted by molar-refractivity contribution is 6.10. The number of amides is 3. The monoisotopic (exact) mass is 480 g/mol. The highest BCUT2D eigenvalue weighted by atomic mass is 16.5. The summed E-state index contributed by atoms with van der Waals surface area (Å²) in [4.78, 5) is 53.5. The predicted octanol–water partition coefficient (Wildman–Crippen LogP) is 3.45. The zero-order valence-corrected chi connectivity index (χ0v) is 19.6. The van der Waals surface area contributed by atoms with Crippen LogP contribution in [0.15, 0.2) is 78.9 Å². The van der Waals surface area contributed by atoms with Crippen molar-refractivity contribution in [2.24, 2.45) is 11.8 Å². The highest BCUT2D eigenvalue weighted by Gasteiger charge is 2.62. The number of ether oxygens (including phenoxy) is 1.